The van der Waals surface area contributed by atoms with E-state index in [2.05, 4.69) is 11.9 Å². The van der Waals surface area contributed by atoms with Gasteiger partial charge in [-0.2, -0.15) is 0 Å². The van der Waals surface area contributed by atoms with Crippen LogP contribution in [-0.2, 0) is 4.79 Å². The Bertz CT molecular complexity index is 532. The summed E-state index contributed by atoms with van der Waals surface area (Å²) in [4.78, 5) is 16.5. The maximum Gasteiger partial charge on any atom is 0.314 e. The Morgan fingerprint density at radius 3 is 2.11 bits per heavy atom. The second kappa shape index (κ2) is 13.7. The summed E-state index contributed by atoms with van der Waals surface area (Å²) in [7, 11) is 0. The van der Waals surface area contributed by atoms with Crippen molar-refractivity contribution < 1.29 is 9.53 Å². The van der Waals surface area contributed by atoms with Crippen LogP contribution in [0, 0.1) is 18.8 Å². The molecule has 1 aliphatic carbocycles. The van der Waals surface area contributed by atoms with Crippen LogP contribution in [0.15, 0.2) is 18.3 Å². The number of pyridine rings is 1. The normalized spacial score (nSPS) is 19.5. The van der Waals surface area contributed by atoms with Gasteiger partial charge in [0.1, 0.15) is 5.75 Å². The van der Waals surface area contributed by atoms with Gasteiger partial charge >= 0.3 is 5.97 Å². The van der Waals surface area contributed by atoms with Crippen molar-refractivity contribution in [2.45, 2.75) is 110 Å². The standard InChI is InChI=1S/C25H41NO2/c1-3-4-5-6-7-8-9-10-11-12-13-22-15-17-23(18-16-22)25(27)28-24-19-14-21(2)26-20-24/h14,19-20,22-23H,3-13,15-18H2,1-2H3. The molecule has 0 bridgehead atoms. The first-order chi connectivity index (χ1) is 13.7. The number of aromatic nitrogens is 1. The summed E-state index contributed by atoms with van der Waals surface area (Å²) in [6.07, 6.45) is 21.4. The van der Waals surface area contributed by atoms with Gasteiger partial charge in [0.05, 0.1) is 12.1 Å². The minimum atomic E-state index is -0.0666. The van der Waals surface area contributed by atoms with Crippen molar-refractivity contribution in [3.8, 4) is 5.75 Å². The third-order valence-corrected chi connectivity index (χ3v) is 6.25. The summed E-state index contributed by atoms with van der Waals surface area (Å²) in [6.45, 7) is 4.21. The Hall–Kier alpha value is -1.38. The van der Waals surface area contributed by atoms with Crippen molar-refractivity contribution >= 4 is 5.97 Å². The van der Waals surface area contributed by atoms with Crippen LogP contribution >= 0.6 is 0 Å². The minimum Gasteiger partial charge on any atom is -0.425 e. The molecule has 0 aromatic carbocycles. The molecule has 0 aliphatic heterocycles. The Labute approximate surface area is 172 Å². The molecule has 158 valence electrons. The highest BCUT2D eigenvalue weighted by Crippen LogP contribution is 2.33. The van der Waals surface area contributed by atoms with E-state index >= 15 is 0 Å². The molecule has 1 aliphatic rings. The molecule has 3 heteroatoms. The molecule has 1 aromatic heterocycles. The highest BCUT2D eigenvalue weighted by molar-refractivity contribution is 5.75. The molecule has 0 saturated heterocycles. The van der Waals surface area contributed by atoms with E-state index in [1.54, 1.807) is 6.20 Å². The molecule has 0 spiro atoms. The predicted molar refractivity (Wildman–Crippen MR) is 117 cm³/mol. The maximum absolute atomic E-state index is 12.4. The quantitative estimate of drug-likeness (QED) is 0.261. The minimum absolute atomic E-state index is 0.0666. The van der Waals surface area contributed by atoms with Crippen molar-refractivity contribution in [1.82, 2.24) is 4.98 Å². The molecule has 1 saturated carbocycles. The zero-order valence-electron chi connectivity index (χ0n) is 18.3. The molecule has 0 radical (unpaired) electrons. The van der Waals surface area contributed by atoms with E-state index in [1.807, 2.05) is 19.1 Å². The third kappa shape index (κ3) is 9.21. The highest BCUT2D eigenvalue weighted by Gasteiger charge is 2.27. The molecular weight excluding hydrogens is 346 g/mol. The zero-order chi connectivity index (χ0) is 20.0. The average Bonchev–Trinajstić information content (AvgIpc) is 2.71. The Balaban J connectivity index is 1.48. The number of carbonyl (C=O) groups is 1. The van der Waals surface area contributed by atoms with Crippen LogP contribution in [0.4, 0.5) is 0 Å². The second-order valence-electron chi connectivity index (χ2n) is 8.74. The van der Waals surface area contributed by atoms with Gasteiger partial charge in [0.25, 0.3) is 0 Å². The molecule has 1 fully saturated rings. The lowest BCUT2D eigenvalue weighted by atomic mass is 9.80. The van der Waals surface area contributed by atoms with Gasteiger partial charge in [-0.1, -0.05) is 77.6 Å². The average molecular weight is 388 g/mol. The van der Waals surface area contributed by atoms with Crippen molar-refractivity contribution in [3.63, 3.8) is 0 Å². The molecule has 28 heavy (non-hydrogen) atoms. The molecule has 0 unspecified atom stereocenters. The first-order valence-electron chi connectivity index (χ1n) is 11.8. The monoisotopic (exact) mass is 387 g/mol. The van der Waals surface area contributed by atoms with E-state index in [0.717, 1.165) is 24.5 Å². The zero-order valence-corrected chi connectivity index (χ0v) is 18.3. The third-order valence-electron chi connectivity index (χ3n) is 6.25. The molecule has 0 N–H and O–H groups in total. The number of rotatable bonds is 13. The molecular formula is C25H41NO2. The van der Waals surface area contributed by atoms with Gasteiger partial charge in [-0.15, -0.1) is 0 Å². The van der Waals surface area contributed by atoms with Gasteiger partial charge in [-0.3, -0.25) is 9.78 Å². The summed E-state index contributed by atoms with van der Waals surface area (Å²) >= 11 is 0. The number of hydrogen-bond acceptors (Lipinski definition) is 3. The van der Waals surface area contributed by atoms with E-state index in [0.29, 0.717) is 5.75 Å². The van der Waals surface area contributed by atoms with Crippen molar-refractivity contribution in [1.29, 1.82) is 0 Å². The molecule has 0 amide bonds. The summed E-state index contributed by atoms with van der Waals surface area (Å²) in [6, 6.07) is 3.71. The predicted octanol–water partition coefficient (Wildman–Crippen LogP) is 7.41. The van der Waals surface area contributed by atoms with Crippen molar-refractivity contribution in [2.24, 2.45) is 11.8 Å². The van der Waals surface area contributed by atoms with Gasteiger partial charge < -0.3 is 4.74 Å². The number of aryl methyl sites for hydroxylation is 1. The summed E-state index contributed by atoms with van der Waals surface area (Å²) in [5.74, 6) is 1.40. The Morgan fingerprint density at radius 1 is 0.929 bits per heavy atom. The fourth-order valence-corrected chi connectivity index (χ4v) is 4.32. The van der Waals surface area contributed by atoms with Crippen molar-refractivity contribution in [3.05, 3.63) is 24.0 Å². The lowest BCUT2D eigenvalue weighted by molar-refractivity contribution is -0.140. The topological polar surface area (TPSA) is 39.2 Å². The first-order valence-corrected chi connectivity index (χ1v) is 11.8. The lowest BCUT2D eigenvalue weighted by Gasteiger charge is -2.27. The highest BCUT2D eigenvalue weighted by atomic mass is 16.5. The van der Waals surface area contributed by atoms with Gasteiger partial charge in [-0.05, 0) is 50.7 Å². The van der Waals surface area contributed by atoms with Crippen LogP contribution in [0.5, 0.6) is 5.75 Å². The molecule has 3 nitrogen and oxygen atoms in total. The fourth-order valence-electron chi connectivity index (χ4n) is 4.32. The number of esters is 1. The maximum atomic E-state index is 12.4. The van der Waals surface area contributed by atoms with Crippen LogP contribution in [0.1, 0.15) is 109 Å². The van der Waals surface area contributed by atoms with Crippen molar-refractivity contribution in [2.75, 3.05) is 0 Å². The van der Waals surface area contributed by atoms with Crippen LogP contribution in [0.25, 0.3) is 0 Å². The molecule has 1 heterocycles. The van der Waals surface area contributed by atoms with Crippen LogP contribution in [0.2, 0.25) is 0 Å². The smallest absolute Gasteiger partial charge is 0.314 e. The van der Waals surface area contributed by atoms with E-state index in [-0.39, 0.29) is 11.9 Å². The first kappa shape index (κ1) is 22.9. The molecule has 2 rings (SSSR count). The van der Waals surface area contributed by atoms with Gasteiger partial charge in [0.15, 0.2) is 0 Å². The van der Waals surface area contributed by atoms with Crippen LogP contribution in [-0.4, -0.2) is 11.0 Å². The number of carbonyl (C=O) groups excluding carboxylic acids is 1. The Morgan fingerprint density at radius 2 is 1.54 bits per heavy atom. The van der Waals surface area contributed by atoms with E-state index in [1.165, 1.54) is 83.5 Å². The number of hydrogen-bond donors (Lipinski definition) is 0. The molecule has 1 aromatic rings. The van der Waals surface area contributed by atoms with E-state index < -0.39 is 0 Å². The van der Waals surface area contributed by atoms with Gasteiger partial charge in [0, 0.05) is 5.69 Å². The van der Waals surface area contributed by atoms with E-state index in [4.69, 9.17) is 4.74 Å². The number of ether oxygens (including phenoxy) is 1. The summed E-state index contributed by atoms with van der Waals surface area (Å²) < 4.78 is 5.51. The van der Waals surface area contributed by atoms with Gasteiger partial charge in [0.2, 0.25) is 0 Å². The second-order valence-corrected chi connectivity index (χ2v) is 8.74. The Kier molecular flexibility index (Phi) is 11.2. The SMILES string of the molecule is CCCCCCCCCCCCC1CCC(C(=O)Oc2ccc(C)nc2)CC1. The number of nitrogens with zero attached hydrogens (tertiary/aromatic N) is 1. The van der Waals surface area contributed by atoms with Crippen LogP contribution in [0.3, 0.4) is 0 Å². The largest absolute Gasteiger partial charge is 0.425 e. The van der Waals surface area contributed by atoms with Crippen LogP contribution < -0.4 is 4.74 Å². The summed E-state index contributed by atoms with van der Waals surface area (Å²) in [5.41, 5.74) is 0.937. The molecule has 0 atom stereocenters. The van der Waals surface area contributed by atoms with Gasteiger partial charge in [-0.25, -0.2) is 0 Å². The summed E-state index contributed by atoms with van der Waals surface area (Å²) in [5, 5.41) is 0. The lowest BCUT2D eigenvalue weighted by Crippen LogP contribution is -2.25. The number of unbranched alkanes of at least 4 members (excludes halogenated alkanes) is 9. The fraction of sp³-hybridized carbons (Fsp3) is 0.760. The van der Waals surface area contributed by atoms with E-state index in [9.17, 15) is 4.79 Å².